The second-order valence-electron chi connectivity index (χ2n) is 5.35. The van der Waals surface area contributed by atoms with E-state index in [0.29, 0.717) is 11.8 Å². The van der Waals surface area contributed by atoms with Crippen molar-refractivity contribution in [2.45, 2.75) is 32.2 Å². The molecule has 0 bridgehead atoms. The average Bonchev–Trinajstić information content (AvgIpc) is 2.86. The molecule has 2 aromatic rings. The molecule has 0 atom stereocenters. The number of likely N-dealkylation sites (tertiary alicyclic amines) is 1. The number of halogens is 1. The molecule has 20 heavy (non-hydrogen) atoms. The van der Waals surface area contributed by atoms with Crippen LogP contribution in [0.1, 0.15) is 36.0 Å². The summed E-state index contributed by atoms with van der Waals surface area (Å²) in [5.41, 5.74) is 1.35. The fourth-order valence-electron chi connectivity index (χ4n) is 2.72. The molecule has 106 valence electrons. The van der Waals surface area contributed by atoms with Gasteiger partial charge in [0.15, 0.2) is 5.82 Å². The number of aryl methyl sites for hydroxylation is 1. The van der Waals surface area contributed by atoms with Crippen LogP contribution in [0.25, 0.3) is 0 Å². The number of benzene rings is 1. The second kappa shape index (κ2) is 6.06. The quantitative estimate of drug-likeness (QED) is 0.860. The number of nitrogens with zero attached hydrogens (tertiary/aromatic N) is 3. The highest BCUT2D eigenvalue weighted by atomic mass is 79.9. The third-order valence-electron chi connectivity index (χ3n) is 3.79. The Balaban J connectivity index is 1.56. The fraction of sp³-hybridized carbons (Fsp3) is 0.467. The van der Waals surface area contributed by atoms with Crippen molar-refractivity contribution in [2.75, 3.05) is 13.1 Å². The summed E-state index contributed by atoms with van der Waals surface area (Å²) < 4.78 is 6.22. The maximum Gasteiger partial charge on any atom is 0.223 e. The molecule has 1 aliphatic heterocycles. The number of rotatable bonds is 3. The van der Waals surface area contributed by atoms with Gasteiger partial charge >= 0.3 is 0 Å². The number of hydrogen-bond donors (Lipinski definition) is 0. The molecule has 4 nitrogen and oxygen atoms in total. The van der Waals surface area contributed by atoms with Crippen molar-refractivity contribution in [1.29, 1.82) is 0 Å². The van der Waals surface area contributed by atoms with Crippen LogP contribution in [-0.4, -0.2) is 28.1 Å². The minimum atomic E-state index is 0.450. The Morgan fingerprint density at radius 2 is 2.15 bits per heavy atom. The first-order valence-electron chi connectivity index (χ1n) is 6.98. The Morgan fingerprint density at radius 3 is 2.80 bits per heavy atom. The minimum absolute atomic E-state index is 0.450. The van der Waals surface area contributed by atoms with Crippen molar-refractivity contribution >= 4 is 15.9 Å². The van der Waals surface area contributed by atoms with Gasteiger partial charge in [0.1, 0.15) is 0 Å². The predicted octanol–water partition coefficient (Wildman–Crippen LogP) is 3.52. The summed E-state index contributed by atoms with van der Waals surface area (Å²) in [6, 6.07) is 8.52. The van der Waals surface area contributed by atoms with Gasteiger partial charge in [-0.1, -0.05) is 33.2 Å². The summed E-state index contributed by atoms with van der Waals surface area (Å²) in [7, 11) is 0. The van der Waals surface area contributed by atoms with Gasteiger partial charge in [-0.05, 0) is 43.6 Å². The zero-order valence-electron chi connectivity index (χ0n) is 11.6. The Kier molecular flexibility index (Phi) is 4.17. The Morgan fingerprint density at radius 1 is 1.35 bits per heavy atom. The summed E-state index contributed by atoms with van der Waals surface area (Å²) in [6.07, 6.45) is 2.21. The van der Waals surface area contributed by atoms with Crippen molar-refractivity contribution in [3.05, 3.63) is 46.0 Å². The Hall–Kier alpha value is -1.20. The van der Waals surface area contributed by atoms with E-state index in [4.69, 9.17) is 4.52 Å². The van der Waals surface area contributed by atoms with Gasteiger partial charge in [-0.25, -0.2) is 0 Å². The van der Waals surface area contributed by atoms with Gasteiger partial charge < -0.3 is 4.52 Å². The molecule has 0 unspecified atom stereocenters. The summed E-state index contributed by atoms with van der Waals surface area (Å²) in [5.74, 6) is 1.99. The summed E-state index contributed by atoms with van der Waals surface area (Å²) >= 11 is 3.52. The van der Waals surface area contributed by atoms with E-state index in [1.54, 1.807) is 0 Å². The monoisotopic (exact) mass is 335 g/mol. The SMILES string of the molecule is Cc1nc(C2CCN(Cc3cccc(Br)c3)CC2)no1. The number of hydrogen-bond acceptors (Lipinski definition) is 4. The van der Waals surface area contributed by atoms with Gasteiger partial charge in [0.2, 0.25) is 5.89 Å². The van der Waals surface area contributed by atoms with Crippen LogP contribution in [0.3, 0.4) is 0 Å². The Bertz CT molecular complexity index is 576. The standard InChI is InChI=1S/C15H18BrN3O/c1-11-17-15(18-20-11)13-5-7-19(8-6-13)10-12-3-2-4-14(16)9-12/h2-4,9,13H,5-8,10H2,1H3. The smallest absolute Gasteiger partial charge is 0.223 e. The summed E-state index contributed by atoms with van der Waals surface area (Å²) in [6.45, 7) is 5.03. The Labute approximate surface area is 127 Å². The molecule has 0 amide bonds. The van der Waals surface area contributed by atoms with Gasteiger partial charge in [-0.3, -0.25) is 4.90 Å². The molecular weight excluding hydrogens is 318 g/mol. The van der Waals surface area contributed by atoms with Crippen LogP contribution in [0.2, 0.25) is 0 Å². The molecule has 0 aliphatic carbocycles. The van der Waals surface area contributed by atoms with Crippen LogP contribution < -0.4 is 0 Å². The molecule has 5 heteroatoms. The summed E-state index contributed by atoms with van der Waals surface area (Å²) in [5, 5.41) is 4.05. The molecule has 1 aromatic carbocycles. The third kappa shape index (κ3) is 3.27. The van der Waals surface area contributed by atoms with Crippen LogP contribution in [0, 0.1) is 6.92 Å². The van der Waals surface area contributed by atoms with E-state index in [1.807, 2.05) is 6.92 Å². The van der Waals surface area contributed by atoms with Crippen LogP contribution >= 0.6 is 15.9 Å². The highest BCUT2D eigenvalue weighted by Crippen LogP contribution is 2.26. The largest absolute Gasteiger partial charge is 0.340 e. The molecule has 0 N–H and O–H groups in total. The van der Waals surface area contributed by atoms with E-state index >= 15 is 0 Å². The first-order valence-corrected chi connectivity index (χ1v) is 7.77. The minimum Gasteiger partial charge on any atom is -0.340 e. The van der Waals surface area contributed by atoms with Gasteiger partial charge in [-0.15, -0.1) is 0 Å². The molecule has 2 heterocycles. The third-order valence-corrected chi connectivity index (χ3v) is 4.28. The second-order valence-corrected chi connectivity index (χ2v) is 6.27. The van der Waals surface area contributed by atoms with Gasteiger partial charge in [0, 0.05) is 23.9 Å². The molecule has 0 radical (unpaired) electrons. The van der Waals surface area contributed by atoms with Crippen molar-refractivity contribution < 1.29 is 4.52 Å². The molecule has 1 fully saturated rings. The van der Waals surface area contributed by atoms with E-state index in [0.717, 1.165) is 42.8 Å². The number of piperidine rings is 1. The van der Waals surface area contributed by atoms with E-state index in [-0.39, 0.29) is 0 Å². The first kappa shape index (κ1) is 13.8. The maximum absolute atomic E-state index is 5.07. The van der Waals surface area contributed by atoms with Gasteiger partial charge in [-0.2, -0.15) is 4.98 Å². The summed E-state index contributed by atoms with van der Waals surface area (Å²) in [4.78, 5) is 6.84. The molecule has 1 aliphatic rings. The van der Waals surface area contributed by atoms with Crippen molar-refractivity contribution in [3.8, 4) is 0 Å². The van der Waals surface area contributed by atoms with Gasteiger partial charge in [0.25, 0.3) is 0 Å². The average molecular weight is 336 g/mol. The molecule has 1 saturated heterocycles. The highest BCUT2D eigenvalue weighted by molar-refractivity contribution is 9.10. The lowest BCUT2D eigenvalue weighted by molar-refractivity contribution is 0.200. The lowest BCUT2D eigenvalue weighted by Gasteiger charge is -2.30. The highest BCUT2D eigenvalue weighted by Gasteiger charge is 2.24. The van der Waals surface area contributed by atoms with E-state index in [9.17, 15) is 0 Å². The lowest BCUT2D eigenvalue weighted by atomic mass is 9.96. The first-order chi connectivity index (χ1) is 9.70. The van der Waals surface area contributed by atoms with Crippen molar-refractivity contribution in [1.82, 2.24) is 15.0 Å². The van der Waals surface area contributed by atoms with E-state index in [1.165, 1.54) is 5.56 Å². The molecular formula is C15H18BrN3O. The van der Waals surface area contributed by atoms with E-state index in [2.05, 4.69) is 55.2 Å². The van der Waals surface area contributed by atoms with Crippen molar-refractivity contribution in [2.24, 2.45) is 0 Å². The van der Waals surface area contributed by atoms with E-state index < -0.39 is 0 Å². The van der Waals surface area contributed by atoms with Gasteiger partial charge in [0.05, 0.1) is 0 Å². The predicted molar refractivity (Wildman–Crippen MR) is 80.4 cm³/mol. The molecule has 1 aromatic heterocycles. The van der Waals surface area contributed by atoms with Crippen LogP contribution in [0.5, 0.6) is 0 Å². The van der Waals surface area contributed by atoms with Crippen LogP contribution in [-0.2, 0) is 6.54 Å². The lowest BCUT2D eigenvalue weighted by Crippen LogP contribution is -2.32. The van der Waals surface area contributed by atoms with Crippen LogP contribution in [0.4, 0.5) is 0 Å². The molecule has 0 saturated carbocycles. The van der Waals surface area contributed by atoms with Crippen LogP contribution in [0.15, 0.2) is 33.3 Å². The normalized spacial score (nSPS) is 17.5. The fourth-order valence-corrected chi connectivity index (χ4v) is 3.17. The zero-order valence-corrected chi connectivity index (χ0v) is 13.1. The topological polar surface area (TPSA) is 42.2 Å². The molecule has 3 rings (SSSR count). The molecule has 0 spiro atoms. The number of aromatic nitrogens is 2. The zero-order chi connectivity index (χ0) is 13.9. The van der Waals surface area contributed by atoms with Crippen molar-refractivity contribution in [3.63, 3.8) is 0 Å². The maximum atomic E-state index is 5.07.